The van der Waals surface area contributed by atoms with E-state index in [9.17, 15) is 14.9 Å². The van der Waals surface area contributed by atoms with Crippen LogP contribution in [0.5, 0.6) is 5.75 Å². The van der Waals surface area contributed by atoms with E-state index < -0.39 is 10.8 Å². The van der Waals surface area contributed by atoms with Gasteiger partial charge in [0, 0.05) is 17.7 Å². The quantitative estimate of drug-likeness (QED) is 0.444. The van der Waals surface area contributed by atoms with Gasteiger partial charge in [0.2, 0.25) is 0 Å². The smallest absolute Gasteiger partial charge is 0.277 e. The summed E-state index contributed by atoms with van der Waals surface area (Å²) in [5, 5.41) is 14.5. The van der Waals surface area contributed by atoms with Crippen LogP contribution in [0.4, 0.5) is 5.69 Å². The Labute approximate surface area is 151 Å². The van der Waals surface area contributed by atoms with Crippen molar-refractivity contribution in [3.05, 3.63) is 69.8 Å². The van der Waals surface area contributed by atoms with Gasteiger partial charge >= 0.3 is 0 Å². The van der Waals surface area contributed by atoms with E-state index in [0.717, 1.165) is 6.42 Å². The number of nitrogens with zero attached hydrogens (tertiary/aromatic N) is 2. The predicted octanol–water partition coefficient (Wildman–Crippen LogP) is 3.64. The van der Waals surface area contributed by atoms with Crippen molar-refractivity contribution in [2.45, 2.75) is 26.2 Å². The summed E-state index contributed by atoms with van der Waals surface area (Å²) < 4.78 is 5.41. The molecule has 0 bridgehead atoms. The van der Waals surface area contributed by atoms with Crippen molar-refractivity contribution in [3.63, 3.8) is 0 Å². The largest absolute Gasteiger partial charge is 0.484 e. The van der Waals surface area contributed by atoms with Crippen LogP contribution >= 0.6 is 0 Å². The fourth-order valence-electron chi connectivity index (χ4n) is 2.21. The van der Waals surface area contributed by atoms with E-state index in [1.807, 2.05) is 24.3 Å². The third kappa shape index (κ3) is 5.70. The molecule has 136 valence electrons. The SMILES string of the molecule is CC[C@@H](C)c1ccc(OCC(=O)N/N=C\c2cccc([N+](=O)[O-])c2)cc1. The zero-order valence-corrected chi connectivity index (χ0v) is 14.7. The number of non-ortho nitro benzene ring substituents is 1. The molecule has 0 saturated heterocycles. The first-order chi connectivity index (χ1) is 12.5. The maximum Gasteiger partial charge on any atom is 0.277 e. The number of benzene rings is 2. The molecule has 2 aromatic rings. The summed E-state index contributed by atoms with van der Waals surface area (Å²) in [5.74, 6) is 0.669. The Morgan fingerprint density at radius 2 is 2.04 bits per heavy atom. The minimum Gasteiger partial charge on any atom is -0.484 e. The summed E-state index contributed by atoms with van der Waals surface area (Å²) in [7, 11) is 0. The van der Waals surface area contributed by atoms with Crippen LogP contribution in [0.15, 0.2) is 53.6 Å². The van der Waals surface area contributed by atoms with Gasteiger partial charge in [-0.25, -0.2) is 5.43 Å². The summed E-state index contributed by atoms with van der Waals surface area (Å²) in [6, 6.07) is 13.6. The number of nitro groups is 1. The molecule has 0 aliphatic rings. The Morgan fingerprint density at radius 1 is 1.31 bits per heavy atom. The number of hydrogen-bond donors (Lipinski definition) is 1. The molecule has 1 N–H and O–H groups in total. The predicted molar refractivity (Wildman–Crippen MR) is 99.5 cm³/mol. The van der Waals surface area contributed by atoms with Crippen LogP contribution in [0.2, 0.25) is 0 Å². The lowest BCUT2D eigenvalue weighted by Gasteiger charge is -2.10. The van der Waals surface area contributed by atoms with Crippen molar-refractivity contribution in [3.8, 4) is 5.75 Å². The second-order valence-corrected chi connectivity index (χ2v) is 5.81. The van der Waals surface area contributed by atoms with Crippen molar-refractivity contribution >= 4 is 17.8 Å². The molecule has 0 aromatic heterocycles. The Hall–Kier alpha value is -3.22. The van der Waals surface area contributed by atoms with Crippen LogP contribution in [0.3, 0.4) is 0 Å². The number of ether oxygens (including phenoxy) is 1. The molecule has 2 aromatic carbocycles. The molecule has 0 fully saturated rings. The topological polar surface area (TPSA) is 93.8 Å². The highest BCUT2D eigenvalue weighted by atomic mass is 16.6. The third-order valence-electron chi connectivity index (χ3n) is 3.92. The first kappa shape index (κ1) is 19.1. The van der Waals surface area contributed by atoms with Gasteiger partial charge < -0.3 is 4.74 Å². The van der Waals surface area contributed by atoms with Gasteiger partial charge in [-0.15, -0.1) is 0 Å². The van der Waals surface area contributed by atoms with Crippen molar-refractivity contribution in [1.29, 1.82) is 0 Å². The van der Waals surface area contributed by atoms with Gasteiger partial charge in [-0.3, -0.25) is 14.9 Å². The first-order valence-electron chi connectivity index (χ1n) is 8.28. The molecular formula is C19H21N3O4. The van der Waals surface area contributed by atoms with E-state index in [4.69, 9.17) is 4.74 Å². The highest BCUT2D eigenvalue weighted by Crippen LogP contribution is 2.21. The minimum atomic E-state index is -0.490. The zero-order valence-electron chi connectivity index (χ0n) is 14.7. The molecule has 26 heavy (non-hydrogen) atoms. The zero-order chi connectivity index (χ0) is 18.9. The molecule has 0 saturated carbocycles. The second kappa shape index (κ2) is 9.31. The molecule has 0 spiro atoms. The highest BCUT2D eigenvalue weighted by molar-refractivity contribution is 5.83. The Balaban J connectivity index is 1.82. The fourth-order valence-corrected chi connectivity index (χ4v) is 2.21. The van der Waals surface area contributed by atoms with Gasteiger partial charge in [0.1, 0.15) is 5.75 Å². The molecule has 0 heterocycles. The third-order valence-corrected chi connectivity index (χ3v) is 3.92. The van der Waals surface area contributed by atoms with Crippen LogP contribution in [0.1, 0.15) is 37.3 Å². The highest BCUT2D eigenvalue weighted by Gasteiger charge is 2.06. The van der Waals surface area contributed by atoms with Crippen molar-refractivity contribution < 1.29 is 14.5 Å². The average Bonchev–Trinajstić information content (AvgIpc) is 2.66. The summed E-state index contributed by atoms with van der Waals surface area (Å²) in [4.78, 5) is 22.0. The monoisotopic (exact) mass is 355 g/mol. The molecule has 7 nitrogen and oxygen atoms in total. The first-order valence-corrected chi connectivity index (χ1v) is 8.28. The van der Waals surface area contributed by atoms with Crippen LogP contribution < -0.4 is 10.2 Å². The normalized spacial score (nSPS) is 11.9. The standard InChI is InChI=1S/C19H21N3O4/c1-3-14(2)16-7-9-18(10-8-16)26-13-19(23)21-20-12-15-5-4-6-17(11-15)22(24)25/h4-12,14H,3,13H2,1-2H3,(H,21,23)/b20-12-/t14-/m1/s1. The van der Waals surface area contributed by atoms with E-state index in [2.05, 4.69) is 24.4 Å². The number of rotatable bonds is 8. The van der Waals surface area contributed by atoms with Gasteiger partial charge in [0.25, 0.3) is 11.6 Å². The summed E-state index contributed by atoms with van der Waals surface area (Å²) >= 11 is 0. The van der Waals surface area contributed by atoms with Gasteiger partial charge in [-0.05, 0) is 30.0 Å². The van der Waals surface area contributed by atoms with Crippen molar-refractivity contribution in [2.24, 2.45) is 5.10 Å². The number of carbonyl (C=O) groups is 1. The molecule has 7 heteroatoms. The number of nitrogens with one attached hydrogen (secondary N) is 1. The molecule has 2 rings (SSSR count). The van der Waals surface area contributed by atoms with E-state index in [1.54, 1.807) is 12.1 Å². The van der Waals surface area contributed by atoms with E-state index in [0.29, 0.717) is 17.2 Å². The van der Waals surface area contributed by atoms with E-state index in [-0.39, 0.29) is 12.3 Å². The van der Waals surface area contributed by atoms with Crippen molar-refractivity contribution in [2.75, 3.05) is 6.61 Å². The molecule has 1 amide bonds. The molecule has 0 unspecified atom stereocenters. The van der Waals surface area contributed by atoms with E-state index >= 15 is 0 Å². The molecule has 1 atom stereocenters. The number of amides is 1. The maximum atomic E-state index is 11.7. The Kier molecular flexibility index (Phi) is 6.84. The lowest BCUT2D eigenvalue weighted by molar-refractivity contribution is -0.384. The maximum absolute atomic E-state index is 11.7. The van der Waals surface area contributed by atoms with Crippen LogP contribution in [0.25, 0.3) is 0 Å². The number of carbonyl (C=O) groups excluding carboxylic acids is 1. The molecule has 0 radical (unpaired) electrons. The van der Waals surface area contributed by atoms with Crippen LogP contribution in [-0.4, -0.2) is 23.7 Å². The average molecular weight is 355 g/mol. The van der Waals surface area contributed by atoms with Crippen molar-refractivity contribution in [1.82, 2.24) is 5.43 Å². The summed E-state index contributed by atoms with van der Waals surface area (Å²) in [6.45, 7) is 4.12. The lowest BCUT2D eigenvalue weighted by atomic mass is 9.99. The fraction of sp³-hybridized carbons (Fsp3) is 0.263. The van der Waals surface area contributed by atoms with Gasteiger partial charge in [-0.2, -0.15) is 5.10 Å². The lowest BCUT2D eigenvalue weighted by Crippen LogP contribution is -2.24. The number of nitro benzene ring substituents is 1. The number of hydrogen-bond acceptors (Lipinski definition) is 5. The minimum absolute atomic E-state index is 0.0375. The molecular weight excluding hydrogens is 334 g/mol. The van der Waals surface area contributed by atoms with Crippen LogP contribution in [-0.2, 0) is 4.79 Å². The molecule has 0 aliphatic heterocycles. The van der Waals surface area contributed by atoms with Gasteiger partial charge in [0.05, 0.1) is 11.1 Å². The van der Waals surface area contributed by atoms with Gasteiger partial charge in [0.15, 0.2) is 6.61 Å². The second-order valence-electron chi connectivity index (χ2n) is 5.81. The summed E-state index contributed by atoms with van der Waals surface area (Å²) in [6.07, 6.45) is 2.40. The summed E-state index contributed by atoms with van der Waals surface area (Å²) in [5.41, 5.74) is 4.03. The number of hydrazone groups is 1. The molecule has 0 aliphatic carbocycles. The van der Waals surface area contributed by atoms with Gasteiger partial charge in [-0.1, -0.05) is 38.1 Å². The Morgan fingerprint density at radius 3 is 2.69 bits per heavy atom. The van der Waals surface area contributed by atoms with Crippen LogP contribution in [0, 0.1) is 10.1 Å². The van der Waals surface area contributed by atoms with E-state index in [1.165, 1.54) is 23.9 Å². The Bertz CT molecular complexity index is 788.